The highest BCUT2D eigenvalue weighted by atomic mass is 35.5. The molecule has 2 aliphatic heterocycles. The van der Waals surface area contributed by atoms with Crippen molar-refractivity contribution in [1.29, 1.82) is 0 Å². The summed E-state index contributed by atoms with van der Waals surface area (Å²) in [6.07, 6.45) is -1.83. The van der Waals surface area contributed by atoms with Crippen LogP contribution >= 0.6 is 11.6 Å². The Kier molecular flexibility index (Phi) is 4.53. The van der Waals surface area contributed by atoms with Gasteiger partial charge in [0.15, 0.2) is 0 Å². The highest BCUT2D eigenvalue weighted by Gasteiger charge is 2.43. The van der Waals surface area contributed by atoms with Gasteiger partial charge in [-0.2, -0.15) is 13.2 Å². The Labute approximate surface area is 147 Å². The quantitative estimate of drug-likeness (QED) is 0.739. The first kappa shape index (κ1) is 17.8. The van der Waals surface area contributed by atoms with E-state index >= 15 is 0 Å². The van der Waals surface area contributed by atoms with Crippen LogP contribution < -0.4 is 4.90 Å². The van der Waals surface area contributed by atoms with E-state index in [-0.39, 0.29) is 22.5 Å². The minimum absolute atomic E-state index is 0.0377. The van der Waals surface area contributed by atoms with Gasteiger partial charge in [-0.3, -0.25) is 9.59 Å². The normalized spacial score (nSPS) is 22.2. The molecule has 1 saturated heterocycles. The molecule has 1 unspecified atom stereocenters. The summed E-state index contributed by atoms with van der Waals surface area (Å²) in [5.74, 6) is -1.47. The molecular weight excluding hydrogens is 357 g/mol. The van der Waals surface area contributed by atoms with Crippen LogP contribution in [0.2, 0.25) is 0 Å². The molecule has 8 heteroatoms. The van der Waals surface area contributed by atoms with E-state index in [1.54, 1.807) is 4.90 Å². The van der Waals surface area contributed by atoms with Gasteiger partial charge >= 0.3 is 6.18 Å². The highest BCUT2D eigenvalue weighted by Crippen LogP contribution is 2.36. The molecule has 0 aromatic heterocycles. The Morgan fingerprint density at radius 3 is 2.52 bits per heavy atom. The SMILES string of the molecule is CC1CCCCN1C1=C(Cl)C(=O)N(c2cccc(C(F)(F)F)c2)C1=O. The molecule has 2 amide bonds. The fourth-order valence-corrected chi connectivity index (χ4v) is 3.50. The smallest absolute Gasteiger partial charge is 0.363 e. The third-order valence-electron chi connectivity index (χ3n) is 4.53. The maximum atomic E-state index is 12.9. The second kappa shape index (κ2) is 6.37. The van der Waals surface area contributed by atoms with E-state index < -0.39 is 23.6 Å². The van der Waals surface area contributed by atoms with Crippen LogP contribution in [0, 0.1) is 0 Å². The van der Waals surface area contributed by atoms with Gasteiger partial charge in [-0.15, -0.1) is 0 Å². The molecule has 2 aliphatic rings. The average Bonchev–Trinajstić information content (AvgIpc) is 2.77. The molecule has 4 nitrogen and oxygen atoms in total. The first-order valence-electron chi connectivity index (χ1n) is 7.94. The van der Waals surface area contributed by atoms with Gasteiger partial charge in [0, 0.05) is 12.6 Å². The number of imide groups is 1. The van der Waals surface area contributed by atoms with Gasteiger partial charge in [0.2, 0.25) is 0 Å². The zero-order valence-electron chi connectivity index (χ0n) is 13.4. The van der Waals surface area contributed by atoms with Crippen LogP contribution in [-0.2, 0) is 15.8 Å². The van der Waals surface area contributed by atoms with E-state index in [0.717, 1.165) is 37.5 Å². The zero-order valence-corrected chi connectivity index (χ0v) is 14.2. The van der Waals surface area contributed by atoms with Crippen LogP contribution in [0.3, 0.4) is 0 Å². The maximum Gasteiger partial charge on any atom is 0.416 e. The molecule has 0 aliphatic carbocycles. The van der Waals surface area contributed by atoms with Gasteiger partial charge < -0.3 is 4.90 Å². The van der Waals surface area contributed by atoms with Crippen molar-refractivity contribution in [2.24, 2.45) is 0 Å². The zero-order chi connectivity index (χ0) is 18.4. The van der Waals surface area contributed by atoms with Crippen molar-refractivity contribution < 1.29 is 22.8 Å². The van der Waals surface area contributed by atoms with Crippen LogP contribution in [0.25, 0.3) is 0 Å². The number of carbonyl (C=O) groups is 2. The second-order valence-corrected chi connectivity index (χ2v) is 6.57. The lowest BCUT2D eigenvalue weighted by molar-refractivity contribution is -0.137. The van der Waals surface area contributed by atoms with Crippen LogP contribution in [0.1, 0.15) is 31.7 Å². The Morgan fingerprint density at radius 2 is 1.88 bits per heavy atom. The molecule has 134 valence electrons. The van der Waals surface area contributed by atoms with Crippen molar-refractivity contribution in [3.8, 4) is 0 Å². The second-order valence-electron chi connectivity index (χ2n) is 6.19. The number of likely N-dealkylation sites (tertiary alicyclic amines) is 1. The minimum Gasteiger partial charge on any atom is -0.363 e. The van der Waals surface area contributed by atoms with Gasteiger partial charge in [0.25, 0.3) is 11.8 Å². The summed E-state index contributed by atoms with van der Waals surface area (Å²) in [5.41, 5.74) is -0.986. The molecule has 0 saturated carbocycles. The Balaban J connectivity index is 1.96. The summed E-state index contributed by atoms with van der Waals surface area (Å²) in [7, 11) is 0. The summed E-state index contributed by atoms with van der Waals surface area (Å²) in [5, 5.41) is -0.240. The van der Waals surface area contributed by atoms with Gasteiger partial charge in [-0.1, -0.05) is 17.7 Å². The molecule has 0 radical (unpaired) electrons. The molecule has 0 N–H and O–H groups in total. The third-order valence-corrected chi connectivity index (χ3v) is 4.87. The molecule has 0 spiro atoms. The number of carbonyl (C=O) groups excluding carboxylic acids is 2. The molecule has 1 fully saturated rings. The number of amides is 2. The van der Waals surface area contributed by atoms with Crippen molar-refractivity contribution in [2.75, 3.05) is 11.4 Å². The number of nitrogens with zero attached hydrogens (tertiary/aromatic N) is 2. The van der Waals surface area contributed by atoms with Crippen LogP contribution in [0.5, 0.6) is 0 Å². The molecule has 2 heterocycles. The minimum atomic E-state index is -4.57. The number of alkyl halides is 3. The first-order chi connectivity index (χ1) is 11.7. The highest BCUT2D eigenvalue weighted by molar-refractivity contribution is 6.52. The lowest BCUT2D eigenvalue weighted by Gasteiger charge is -2.35. The average molecular weight is 373 g/mol. The monoisotopic (exact) mass is 372 g/mol. The van der Waals surface area contributed by atoms with Crippen LogP contribution in [0.15, 0.2) is 35.0 Å². The molecule has 25 heavy (non-hydrogen) atoms. The standard InChI is InChI=1S/C17H16ClF3N2O2/c1-10-5-2-3-8-22(10)14-13(18)15(24)23(16(14)25)12-7-4-6-11(9-12)17(19,20)21/h4,6-7,9-10H,2-3,5,8H2,1H3. The molecule has 1 aromatic carbocycles. The van der Waals surface area contributed by atoms with E-state index in [2.05, 4.69) is 0 Å². The Morgan fingerprint density at radius 1 is 1.16 bits per heavy atom. The predicted molar refractivity (Wildman–Crippen MR) is 86.8 cm³/mol. The number of hydrogen-bond donors (Lipinski definition) is 0. The Bertz CT molecular complexity index is 761. The van der Waals surface area contributed by atoms with Crippen LogP contribution in [0.4, 0.5) is 18.9 Å². The van der Waals surface area contributed by atoms with Crippen LogP contribution in [-0.4, -0.2) is 29.3 Å². The number of halogens is 4. The lowest BCUT2D eigenvalue weighted by atomic mass is 10.0. The molecule has 3 rings (SSSR count). The van der Waals surface area contributed by atoms with E-state index in [0.29, 0.717) is 11.4 Å². The van der Waals surface area contributed by atoms with E-state index in [4.69, 9.17) is 11.6 Å². The summed E-state index contributed by atoms with van der Waals surface area (Å²) in [4.78, 5) is 27.7. The van der Waals surface area contributed by atoms with E-state index in [1.165, 1.54) is 6.07 Å². The van der Waals surface area contributed by atoms with Crippen molar-refractivity contribution >= 4 is 29.1 Å². The molecule has 1 atom stereocenters. The van der Waals surface area contributed by atoms with Crippen molar-refractivity contribution in [1.82, 2.24) is 4.90 Å². The number of rotatable bonds is 2. The maximum absolute atomic E-state index is 12.9. The summed E-state index contributed by atoms with van der Waals surface area (Å²) in [6.45, 7) is 2.52. The molecular formula is C17H16ClF3N2O2. The van der Waals surface area contributed by atoms with Gasteiger partial charge in [0.1, 0.15) is 10.7 Å². The fourth-order valence-electron chi connectivity index (χ4n) is 3.23. The topological polar surface area (TPSA) is 40.6 Å². The summed E-state index contributed by atoms with van der Waals surface area (Å²) in [6, 6.07) is 4.15. The third kappa shape index (κ3) is 3.13. The van der Waals surface area contributed by atoms with Crippen molar-refractivity contribution in [3.63, 3.8) is 0 Å². The number of anilines is 1. The largest absolute Gasteiger partial charge is 0.416 e. The number of hydrogen-bond acceptors (Lipinski definition) is 3. The molecule has 0 bridgehead atoms. The van der Waals surface area contributed by atoms with Gasteiger partial charge in [0.05, 0.1) is 11.3 Å². The van der Waals surface area contributed by atoms with Crippen molar-refractivity contribution in [3.05, 3.63) is 40.6 Å². The fraction of sp³-hybridized carbons (Fsp3) is 0.412. The van der Waals surface area contributed by atoms with Gasteiger partial charge in [-0.05, 0) is 44.4 Å². The molecule has 1 aromatic rings. The number of piperidine rings is 1. The van der Waals surface area contributed by atoms with Crippen molar-refractivity contribution in [2.45, 2.75) is 38.4 Å². The predicted octanol–water partition coefficient (Wildman–Crippen LogP) is 3.90. The first-order valence-corrected chi connectivity index (χ1v) is 8.32. The number of benzene rings is 1. The summed E-state index contributed by atoms with van der Waals surface area (Å²) >= 11 is 6.10. The van der Waals surface area contributed by atoms with Gasteiger partial charge in [-0.25, -0.2) is 4.90 Å². The summed E-state index contributed by atoms with van der Waals surface area (Å²) < 4.78 is 38.7. The lowest BCUT2D eigenvalue weighted by Crippen LogP contribution is -2.41. The Hall–Kier alpha value is -2.02. The van der Waals surface area contributed by atoms with E-state index in [9.17, 15) is 22.8 Å². The van der Waals surface area contributed by atoms with E-state index in [1.807, 2.05) is 6.92 Å².